The molecule has 4 nitrogen and oxygen atoms in total. The largest absolute Gasteiger partial charge is 0.457 e. The monoisotopic (exact) mass is 294 g/mol. The molecule has 1 aromatic carbocycles. The van der Waals surface area contributed by atoms with Crippen LogP contribution in [0, 0.1) is 25.2 Å². The molecule has 0 amide bonds. The van der Waals surface area contributed by atoms with Crippen LogP contribution in [-0.4, -0.2) is 4.98 Å². The van der Waals surface area contributed by atoms with Crippen molar-refractivity contribution < 1.29 is 4.74 Å². The van der Waals surface area contributed by atoms with Gasteiger partial charge in [-0.05, 0) is 44.0 Å². The third-order valence-electron chi connectivity index (χ3n) is 3.49. The maximum Gasteiger partial charge on any atom is 0.254 e. The predicted molar refractivity (Wildman–Crippen MR) is 87.1 cm³/mol. The summed E-state index contributed by atoms with van der Waals surface area (Å²) in [6.07, 6.45) is 3.90. The summed E-state index contributed by atoms with van der Waals surface area (Å²) in [7, 11) is 0. The van der Waals surface area contributed by atoms with Crippen molar-refractivity contribution in [1.82, 2.24) is 4.98 Å². The van der Waals surface area contributed by atoms with Gasteiger partial charge in [0.1, 0.15) is 11.5 Å². The minimum Gasteiger partial charge on any atom is -0.457 e. The molecule has 112 valence electrons. The van der Waals surface area contributed by atoms with E-state index in [4.69, 9.17) is 10.00 Å². The van der Waals surface area contributed by atoms with Crippen molar-refractivity contribution in [3.63, 3.8) is 0 Å². The van der Waals surface area contributed by atoms with Gasteiger partial charge in [0.15, 0.2) is 0 Å². The molecule has 2 aromatic rings. The Labute approximate surface area is 129 Å². The van der Waals surface area contributed by atoms with Gasteiger partial charge < -0.3 is 9.72 Å². The molecule has 0 aliphatic rings. The number of H-pyrrole nitrogens is 1. The average Bonchev–Trinajstić information content (AvgIpc) is 2.51. The van der Waals surface area contributed by atoms with E-state index in [0.717, 1.165) is 23.2 Å². The molecule has 22 heavy (non-hydrogen) atoms. The van der Waals surface area contributed by atoms with Gasteiger partial charge in [-0.2, -0.15) is 5.26 Å². The fourth-order valence-electron chi connectivity index (χ4n) is 2.34. The topological polar surface area (TPSA) is 65.9 Å². The van der Waals surface area contributed by atoms with Crippen LogP contribution in [0.4, 0.5) is 0 Å². The molecule has 2 rings (SSSR count). The van der Waals surface area contributed by atoms with Gasteiger partial charge in [-0.25, -0.2) is 0 Å². The maximum absolute atomic E-state index is 11.9. The lowest BCUT2D eigenvalue weighted by Gasteiger charge is -2.15. The molecule has 0 bridgehead atoms. The second kappa shape index (κ2) is 6.77. The number of ether oxygens (including phenoxy) is 1. The third-order valence-corrected chi connectivity index (χ3v) is 3.49. The first-order valence-corrected chi connectivity index (χ1v) is 7.13. The van der Waals surface area contributed by atoms with E-state index < -0.39 is 0 Å². The van der Waals surface area contributed by atoms with Crippen LogP contribution >= 0.6 is 0 Å². The van der Waals surface area contributed by atoms with Crippen molar-refractivity contribution in [1.29, 1.82) is 5.26 Å². The SMILES string of the molecule is CCc1c(C)[nH]c(=O)c(C)c1Oc1cccc(C=CC#N)c1. The summed E-state index contributed by atoms with van der Waals surface area (Å²) in [5.74, 6) is 1.26. The third kappa shape index (κ3) is 3.26. The van der Waals surface area contributed by atoms with Gasteiger partial charge in [0.2, 0.25) is 0 Å². The average molecular weight is 294 g/mol. The zero-order chi connectivity index (χ0) is 16.1. The standard InChI is InChI=1S/C18H18N2O2/c1-4-16-13(3)20-18(21)12(2)17(16)22-15-9-5-7-14(11-15)8-6-10-19/h5-9,11H,4H2,1-3H3,(H,20,21). The summed E-state index contributed by atoms with van der Waals surface area (Å²) in [5, 5.41) is 8.59. The number of allylic oxidation sites excluding steroid dienone is 1. The first kappa shape index (κ1) is 15.6. The number of hydrogen-bond acceptors (Lipinski definition) is 3. The first-order chi connectivity index (χ1) is 10.6. The number of aromatic amines is 1. The van der Waals surface area contributed by atoms with E-state index in [1.807, 2.05) is 44.2 Å². The van der Waals surface area contributed by atoms with E-state index in [1.54, 1.807) is 13.0 Å². The summed E-state index contributed by atoms with van der Waals surface area (Å²) in [6, 6.07) is 9.37. The molecule has 0 aliphatic carbocycles. The predicted octanol–water partition coefficient (Wildman–Crippen LogP) is 3.88. The Balaban J connectivity index is 2.45. The Hall–Kier alpha value is -2.80. The van der Waals surface area contributed by atoms with Crippen LogP contribution in [0.1, 0.15) is 29.3 Å². The Kier molecular flexibility index (Phi) is 4.80. The van der Waals surface area contributed by atoms with Crippen LogP contribution in [0.15, 0.2) is 35.1 Å². The zero-order valence-electron chi connectivity index (χ0n) is 12.9. The molecule has 0 radical (unpaired) electrons. The summed E-state index contributed by atoms with van der Waals surface area (Å²) in [4.78, 5) is 14.8. The molecule has 0 saturated carbocycles. The summed E-state index contributed by atoms with van der Waals surface area (Å²) >= 11 is 0. The number of nitrogens with zero attached hydrogens (tertiary/aromatic N) is 1. The molecular formula is C18H18N2O2. The molecule has 0 aliphatic heterocycles. The molecule has 0 saturated heterocycles. The lowest BCUT2D eigenvalue weighted by molar-refractivity contribution is 0.470. The van der Waals surface area contributed by atoms with Gasteiger partial charge in [0.05, 0.1) is 11.6 Å². The number of nitrogens with one attached hydrogen (secondary N) is 1. The molecule has 1 aromatic heterocycles. The van der Waals surface area contributed by atoms with Gasteiger partial charge >= 0.3 is 0 Å². The Bertz CT molecular complexity index is 811. The van der Waals surface area contributed by atoms with Crippen LogP contribution in [-0.2, 0) is 6.42 Å². The van der Waals surface area contributed by atoms with Crippen LogP contribution in [0.25, 0.3) is 6.08 Å². The number of rotatable bonds is 4. The van der Waals surface area contributed by atoms with Crippen molar-refractivity contribution in [2.45, 2.75) is 27.2 Å². The summed E-state index contributed by atoms with van der Waals surface area (Å²) < 4.78 is 5.98. The quantitative estimate of drug-likeness (QED) is 0.870. The smallest absolute Gasteiger partial charge is 0.254 e. The highest BCUT2D eigenvalue weighted by Crippen LogP contribution is 2.29. The van der Waals surface area contributed by atoms with Crippen molar-refractivity contribution in [3.8, 4) is 17.6 Å². The van der Waals surface area contributed by atoms with Crippen molar-refractivity contribution >= 4 is 6.08 Å². The second-order valence-corrected chi connectivity index (χ2v) is 5.00. The van der Waals surface area contributed by atoms with Gasteiger partial charge in [-0.1, -0.05) is 19.1 Å². The molecular weight excluding hydrogens is 276 g/mol. The van der Waals surface area contributed by atoms with E-state index in [2.05, 4.69) is 4.98 Å². The van der Waals surface area contributed by atoms with E-state index in [9.17, 15) is 4.79 Å². The van der Waals surface area contributed by atoms with E-state index >= 15 is 0 Å². The van der Waals surface area contributed by atoms with E-state index in [1.165, 1.54) is 6.08 Å². The fraction of sp³-hybridized carbons (Fsp3) is 0.222. The Morgan fingerprint density at radius 3 is 2.82 bits per heavy atom. The minimum absolute atomic E-state index is 0.134. The van der Waals surface area contributed by atoms with Crippen molar-refractivity contribution in [3.05, 3.63) is 63.1 Å². The molecule has 1 N–H and O–H groups in total. The molecule has 1 heterocycles. The van der Waals surface area contributed by atoms with Crippen LogP contribution in [0.5, 0.6) is 11.5 Å². The molecule has 0 spiro atoms. The van der Waals surface area contributed by atoms with Crippen LogP contribution in [0.3, 0.4) is 0 Å². The van der Waals surface area contributed by atoms with E-state index in [0.29, 0.717) is 17.1 Å². The summed E-state index contributed by atoms with van der Waals surface area (Å²) in [5.41, 5.74) is 3.13. The number of benzene rings is 1. The Morgan fingerprint density at radius 1 is 1.36 bits per heavy atom. The number of aromatic nitrogens is 1. The second-order valence-electron chi connectivity index (χ2n) is 5.00. The van der Waals surface area contributed by atoms with Crippen LogP contribution in [0.2, 0.25) is 0 Å². The lowest BCUT2D eigenvalue weighted by atomic mass is 10.1. The number of aryl methyl sites for hydroxylation is 1. The molecule has 0 fully saturated rings. The lowest BCUT2D eigenvalue weighted by Crippen LogP contribution is -2.15. The highest BCUT2D eigenvalue weighted by Gasteiger charge is 2.13. The number of pyridine rings is 1. The van der Waals surface area contributed by atoms with Gasteiger partial charge in [-0.3, -0.25) is 4.79 Å². The normalized spacial score (nSPS) is 10.6. The highest BCUT2D eigenvalue weighted by atomic mass is 16.5. The van der Waals surface area contributed by atoms with Crippen LogP contribution < -0.4 is 10.3 Å². The van der Waals surface area contributed by atoms with Crippen molar-refractivity contribution in [2.24, 2.45) is 0 Å². The van der Waals surface area contributed by atoms with Gasteiger partial charge in [-0.15, -0.1) is 0 Å². The first-order valence-electron chi connectivity index (χ1n) is 7.13. The zero-order valence-corrected chi connectivity index (χ0v) is 12.9. The molecule has 0 unspecified atom stereocenters. The molecule has 4 heteroatoms. The maximum atomic E-state index is 11.9. The number of nitriles is 1. The van der Waals surface area contributed by atoms with Gasteiger partial charge in [0.25, 0.3) is 5.56 Å². The summed E-state index contributed by atoms with van der Waals surface area (Å²) in [6.45, 7) is 5.66. The minimum atomic E-state index is -0.134. The fourth-order valence-corrected chi connectivity index (χ4v) is 2.34. The molecule has 0 atom stereocenters. The van der Waals surface area contributed by atoms with Crippen molar-refractivity contribution in [2.75, 3.05) is 0 Å². The number of hydrogen-bond donors (Lipinski definition) is 1. The Morgan fingerprint density at radius 2 is 2.14 bits per heavy atom. The van der Waals surface area contributed by atoms with E-state index in [-0.39, 0.29) is 5.56 Å². The van der Waals surface area contributed by atoms with Gasteiger partial charge in [0, 0.05) is 17.3 Å². The highest BCUT2D eigenvalue weighted by molar-refractivity contribution is 5.54.